The van der Waals surface area contributed by atoms with E-state index in [1.165, 1.54) is 25.7 Å². The van der Waals surface area contributed by atoms with E-state index in [1.807, 2.05) is 0 Å². The van der Waals surface area contributed by atoms with Gasteiger partial charge in [-0.3, -0.25) is 10.1 Å². The maximum Gasteiger partial charge on any atom is 0.292 e. The van der Waals surface area contributed by atoms with Gasteiger partial charge in [0.15, 0.2) is 0 Å². The molecule has 0 atom stereocenters. The number of hydrogen-bond acceptors (Lipinski definition) is 3. The smallest absolute Gasteiger partial charge is 0.292 e. The first-order valence-electron chi connectivity index (χ1n) is 6.83. The number of halogens is 1. The third kappa shape index (κ3) is 3.08. The van der Waals surface area contributed by atoms with Crippen LogP contribution in [0.3, 0.4) is 0 Å². The highest BCUT2D eigenvalue weighted by molar-refractivity contribution is 9.10. The molecule has 1 N–H and O–H groups in total. The average Bonchev–Trinajstić information content (AvgIpc) is 3.24. The molecule has 0 aliphatic heterocycles. The Balaban J connectivity index is 1.71. The van der Waals surface area contributed by atoms with Crippen LogP contribution in [0.25, 0.3) is 0 Å². The normalized spacial score (nSPS) is 18.6. The molecule has 0 heterocycles. The zero-order valence-corrected chi connectivity index (χ0v) is 12.2. The summed E-state index contributed by atoms with van der Waals surface area (Å²) in [5.41, 5.74) is 0.791. The fraction of sp³-hybridized carbons (Fsp3) is 0.571. The monoisotopic (exact) mass is 324 g/mol. The van der Waals surface area contributed by atoms with Gasteiger partial charge in [0.1, 0.15) is 5.69 Å². The lowest BCUT2D eigenvalue weighted by atomic mass is 9.98. The van der Waals surface area contributed by atoms with E-state index in [-0.39, 0.29) is 10.6 Å². The molecule has 1 aromatic rings. The van der Waals surface area contributed by atoms with E-state index < -0.39 is 0 Å². The number of nitro groups is 1. The third-order valence-electron chi connectivity index (χ3n) is 4.14. The number of anilines is 1. The van der Waals surface area contributed by atoms with Gasteiger partial charge in [0, 0.05) is 17.1 Å². The number of nitrogens with one attached hydrogen (secondary N) is 1. The lowest BCUT2D eigenvalue weighted by molar-refractivity contribution is -0.384. The molecule has 4 nitrogen and oxygen atoms in total. The van der Waals surface area contributed by atoms with Crippen LogP contribution in [-0.2, 0) is 0 Å². The van der Waals surface area contributed by atoms with Gasteiger partial charge in [0.25, 0.3) is 5.69 Å². The van der Waals surface area contributed by atoms with Crippen molar-refractivity contribution < 1.29 is 4.92 Å². The zero-order chi connectivity index (χ0) is 13.4. The van der Waals surface area contributed by atoms with Crippen LogP contribution >= 0.6 is 15.9 Å². The summed E-state index contributed by atoms with van der Waals surface area (Å²) < 4.78 is 0.870. The van der Waals surface area contributed by atoms with E-state index in [1.54, 1.807) is 18.2 Å². The summed E-state index contributed by atoms with van der Waals surface area (Å²) in [5.74, 6) is 2.41. The van der Waals surface area contributed by atoms with E-state index in [2.05, 4.69) is 21.2 Å². The number of benzene rings is 1. The predicted octanol–water partition coefficient (Wildman–Crippen LogP) is 4.21. The van der Waals surface area contributed by atoms with E-state index in [4.69, 9.17) is 0 Å². The zero-order valence-electron chi connectivity index (χ0n) is 10.6. The van der Waals surface area contributed by atoms with Gasteiger partial charge >= 0.3 is 0 Å². The van der Waals surface area contributed by atoms with Crippen molar-refractivity contribution in [2.45, 2.75) is 25.7 Å². The second-order valence-electron chi connectivity index (χ2n) is 5.64. The number of hydrogen-bond donors (Lipinski definition) is 1. The van der Waals surface area contributed by atoms with Gasteiger partial charge in [0.2, 0.25) is 0 Å². The third-order valence-corrected chi connectivity index (χ3v) is 4.63. The second-order valence-corrected chi connectivity index (χ2v) is 6.55. The first kappa shape index (κ1) is 12.9. The molecule has 0 saturated heterocycles. The van der Waals surface area contributed by atoms with Crippen molar-refractivity contribution in [3.8, 4) is 0 Å². The molecule has 0 aromatic heterocycles. The van der Waals surface area contributed by atoms with E-state index in [0.717, 1.165) is 22.9 Å². The van der Waals surface area contributed by atoms with Gasteiger partial charge in [0.05, 0.1) is 4.92 Å². The molecule has 102 valence electrons. The van der Waals surface area contributed by atoms with E-state index in [0.29, 0.717) is 11.6 Å². The average molecular weight is 325 g/mol. The van der Waals surface area contributed by atoms with Gasteiger partial charge < -0.3 is 5.32 Å². The highest BCUT2D eigenvalue weighted by Gasteiger charge is 2.41. The SMILES string of the molecule is O=[N+]([O-])c1ccc(Br)cc1NCC(C1CC1)C1CC1. The summed E-state index contributed by atoms with van der Waals surface area (Å²) in [5, 5.41) is 14.3. The maximum atomic E-state index is 11.0. The Morgan fingerprint density at radius 1 is 1.32 bits per heavy atom. The number of nitrogens with zero attached hydrogens (tertiary/aromatic N) is 1. The molecule has 19 heavy (non-hydrogen) atoms. The van der Waals surface area contributed by atoms with Crippen LogP contribution < -0.4 is 5.32 Å². The summed E-state index contributed by atoms with van der Waals surface area (Å²) in [6, 6.07) is 5.06. The molecule has 0 amide bonds. The highest BCUT2D eigenvalue weighted by atomic mass is 79.9. The number of nitro benzene ring substituents is 1. The Morgan fingerprint density at radius 2 is 1.95 bits per heavy atom. The number of rotatable bonds is 6. The molecule has 2 saturated carbocycles. The Labute approximate surface area is 120 Å². The first-order valence-corrected chi connectivity index (χ1v) is 7.62. The molecule has 2 aliphatic carbocycles. The van der Waals surface area contributed by atoms with Crippen LogP contribution in [0.4, 0.5) is 11.4 Å². The van der Waals surface area contributed by atoms with Crippen molar-refractivity contribution in [2.75, 3.05) is 11.9 Å². The van der Waals surface area contributed by atoms with Crippen LogP contribution in [0, 0.1) is 27.9 Å². The molecule has 0 bridgehead atoms. The second kappa shape index (κ2) is 5.12. The molecule has 5 heteroatoms. The standard InChI is InChI=1S/C14H17BrN2O2/c15-11-5-6-14(17(18)19)13(7-11)16-8-12(9-1-2-9)10-3-4-10/h5-7,9-10,12,16H,1-4,8H2. The molecule has 3 rings (SSSR count). The van der Waals surface area contributed by atoms with Crippen LogP contribution in [0.15, 0.2) is 22.7 Å². The quantitative estimate of drug-likeness (QED) is 0.630. The Bertz CT molecular complexity index is 486. The van der Waals surface area contributed by atoms with Crippen molar-refractivity contribution in [1.82, 2.24) is 0 Å². The molecule has 0 radical (unpaired) electrons. The Morgan fingerprint density at radius 3 is 2.47 bits per heavy atom. The molecule has 1 aromatic carbocycles. The maximum absolute atomic E-state index is 11.0. The van der Waals surface area contributed by atoms with Crippen LogP contribution in [0.2, 0.25) is 0 Å². The summed E-state index contributed by atoms with van der Waals surface area (Å²) in [4.78, 5) is 10.7. The van der Waals surface area contributed by atoms with Gasteiger partial charge in [-0.15, -0.1) is 0 Å². The summed E-state index contributed by atoms with van der Waals surface area (Å²) in [6.45, 7) is 0.868. The van der Waals surface area contributed by atoms with Gasteiger partial charge in [-0.1, -0.05) is 15.9 Å². The summed E-state index contributed by atoms with van der Waals surface area (Å²) >= 11 is 3.37. The summed E-state index contributed by atoms with van der Waals surface area (Å²) in [7, 11) is 0. The van der Waals surface area contributed by atoms with Crippen LogP contribution in [0.5, 0.6) is 0 Å². The lowest BCUT2D eigenvalue weighted by Gasteiger charge is -2.17. The molecular formula is C14H17BrN2O2. The highest BCUT2D eigenvalue weighted by Crippen LogP contribution is 2.49. The minimum absolute atomic E-state index is 0.161. The Kier molecular flexibility index (Phi) is 3.48. The van der Waals surface area contributed by atoms with Gasteiger partial charge in [-0.25, -0.2) is 0 Å². The molecule has 0 unspecified atom stereocenters. The topological polar surface area (TPSA) is 55.2 Å². The van der Waals surface area contributed by atoms with Gasteiger partial charge in [-0.2, -0.15) is 0 Å². The molecule has 2 fully saturated rings. The fourth-order valence-corrected chi connectivity index (χ4v) is 3.16. The van der Waals surface area contributed by atoms with Gasteiger partial charge in [-0.05, 0) is 55.6 Å². The van der Waals surface area contributed by atoms with Crippen molar-refractivity contribution in [3.63, 3.8) is 0 Å². The molecule has 2 aliphatic rings. The summed E-state index contributed by atoms with van der Waals surface area (Å²) in [6.07, 6.45) is 5.35. The van der Waals surface area contributed by atoms with E-state index in [9.17, 15) is 10.1 Å². The van der Waals surface area contributed by atoms with Crippen LogP contribution in [0.1, 0.15) is 25.7 Å². The molecular weight excluding hydrogens is 308 g/mol. The van der Waals surface area contributed by atoms with E-state index >= 15 is 0 Å². The van der Waals surface area contributed by atoms with Crippen molar-refractivity contribution in [3.05, 3.63) is 32.8 Å². The van der Waals surface area contributed by atoms with Crippen molar-refractivity contribution in [2.24, 2.45) is 17.8 Å². The van der Waals surface area contributed by atoms with Crippen molar-refractivity contribution >= 4 is 27.3 Å². The fourth-order valence-electron chi connectivity index (χ4n) is 2.80. The first-order chi connectivity index (χ1) is 9.15. The molecule has 0 spiro atoms. The van der Waals surface area contributed by atoms with Crippen molar-refractivity contribution in [1.29, 1.82) is 0 Å². The minimum atomic E-state index is -0.321. The minimum Gasteiger partial charge on any atom is -0.379 e. The van der Waals surface area contributed by atoms with Crippen LogP contribution in [-0.4, -0.2) is 11.5 Å². The largest absolute Gasteiger partial charge is 0.379 e. The predicted molar refractivity (Wildman–Crippen MR) is 78.2 cm³/mol. The lowest BCUT2D eigenvalue weighted by Crippen LogP contribution is -2.18. The Hall–Kier alpha value is -1.10.